The van der Waals surface area contributed by atoms with Crippen molar-refractivity contribution in [2.24, 2.45) is 0 Å². The monoisotopic (exact) mass is 346 g/mol. The van der Waals surface area contributed by atoms with E-state index in [9.17, 15) is 9.18 Å². The number of halogens is 1. The second kappa shape index (κ2) is 7.90. The third-order valence-corrected chi connectivity index (χ3v) is 5.54. The molecule has 1 aromatic carbocycles. The Morgan fingerprint density at radius 3 is 2.58 bits per heavy atom. The summed E-state index contributed by atoms with van der Waals surface area (Å²) in [4.78, 5) is 16.8. The van der Waals surface area contributed by atoms with Crippen LogP contribution in [-0.2, 0) is 0 Å². The number of piperidine rings is 1. The Kier molecular flexibility index (Phi) is 5.63. The quantitative estimate of drug-likeness (QED) is 0.882. The van der Waals surface area contributed by atoms with Crippen LogP contribution in [0.25, 0.3) is 10.4 Å². The average molecular weight is 346 g/mol. The minimum Gasteiger partial charge on any atom is -0.335 e. The van der Waals surface area contributed by atoms with Gasteiger partial charge in [0.05, 0.1) is 4.88 Å². The maximum absolute atomic E-state index is 13.1. The van der Waals surface area contributed by atoms with Crippen molar-refractivity contribution in [1.29, 1.82) is 0 Å². The van der Waals surface area contributed by atoms with Crippen LogP contribution in [0.15, 0.2) is 36.4 Å². The highest BCUT2D eigenvalue weighted by molar-refractivity contribution is 7.17. The van der Waals surface area contributed by atoms with Crippen LogP contribution in [0.3, 0.4) is 0 Å². The van der Waals surface area contributed by atoms with Crippen molar-refractivity contribution in [2.45, 2.75) is 32.2 Å². The largest absolute Gasteiger partial charge is 0.335 e. The first kappa shape index (κ1) is 17.1. The highest BCUT2D eigenvalue weighted by atomic mass is 32.1. The molecule has 24 heavy (non-hydrogen) atoms. The molecule has 2 heterocycles. The molecule has 1 aromatic heterocycles. The number of amides is 1. The van der Waals surface area contributed by atoms with Crippen molar-refractivity contribution < 1.29 is 9.18 Å². The van der Waals surface area contributed by atoms with Gasteiger partial charge < -0.3 is 10.2 Å². The third kappa shape index (κ3) is 3.84. The first-order valence-electron chi connectivity index (χ1n) is 8.56. The van der Waals surface area contributed by atoms with Crippen LogP contribution in [0, 0.1) is 5.82 Å². The van der Waals surface area contributed by atoms with E-state index in [2.05, 4.69) is 12.2 Å². The van der Waals surface area contributed by atoms with E-state index >= 15 is 0 Å². The molecule has 0 saturated carbocycles. The van der Waals surface area contributed by atoms with E-state index in [0.717, 1.165) is 54.2 Å². The van der Waals surface area contributed by atoms with Gasteiger partial charge in [-0.05, 0) is 62.2 Å². The first-order chi connectivity index (χ1) is 11.7. The molecule has 1 aliphatic heterocycles. The highest BCUT2D eigenvalue weighted by Gasteiger charge is 2.26. The van der Waals surface area contributed by atoms with E-state index in [1.807, 2.05) is 17.0 Å². The van der Waals surface area contributed by atoms with E-state index in [1.54, 1.807) is 12.1 Å². The minimum absolute atomic E-state index is 0.127. The van der Waals surface area contributed by atoms with Crippen LogP contribution in [-0.4, -0.2) is 36.5 Å². The molecule has 0 spiro atoms. The van der Waals surface area contributed by atoms with Crippen molar-refractivity contribution in [3.05, 3.63) is 47.1 Å². The average Bonchev–Trinajstić information content (AvgIpc) is 3.10. The molecule has 3 rings (SSSR count). The van der Waals surface area contributed by atoms with Gasteiger partial charge in [-0.25, -0.2) is 4.39 Å². The van der Waals surface area contributed by atoms with Crippen LogP contribution in [0.2, 0.25) is 0 Å². The summed E-state index contributed by atoms with van der Waals surface area (Å²) in [5.74, 6) is -0.117. The van der Waals surface area contributed by atoms with Crippen LogP contribution in [0.1, 0.15) is 35.9 Å². The zero-order valence-corrected chi connectivity index (χ0v) is 14.7. The lowest BCUT2D eigenvalue weighted by molar-refractivity contribution is 0.0647. The van der Waals surface area contributed by atoms with Crippen LogP contribution in [0.5, 0.6) is 0 Å². The molecule has 0 unspecified atom stereocenters. The van der Waals surface area contributed by atoms with Gasteiger partial charge >= 0.3 is 0 Å². The van der Waals surface area contributed by atoms with Gasteiger partial charge in [-0.1, -0.05) is 19.1 Å². The molecule has 0 aliphatic carbocycles. The summed E-state index contributed by atoms with van der Waals surface area (Å²) in [7, 11) is 0. The lowest BCUT2D eigenvalue weighted by Crippen LogP contribution is -2.46. The summed E-state index contributed by atoms with van der Waals surface area (Å²) in [5.41, 5.74) is 0.948. The second-order valence-corrected chi connectivity index (χ2v) is 7.23. The summed E-state index contributed by atoms with van der Waals surface area (Å²) in [5, 5.41) is 3.35. The van der Waals surface area contributed by atoms with Gasteiger partial charge in [-0.15, -0.1) is 11.3 Å². The number of benzene rings is 1. The molecule has 1 aliphatic rings. The number of nitrogens with one attached hydrogen (secondary N) is 1. The molecule has 2 aromatic rings. The van der Waals surface area contributed by atoms with Crippen molar-refractivity contribution in [3.63, 3.8) is 0 Å². The van der Waals surface area contributed by atoms with Gasteiger partial charge in [0.1, 0.15) is 5.82 Å². The molecule has 128 valence electrons. The van der Waals surface area contributed by atoms with Crippen molar-refractivity contribution in [2.75, 3.05) is 19.6 Å². The maximum Gasteiger partial charge on any atom is 0.264 e. The molecule has 0 bridgehead atoms. The molecule has 0 radical (unpaired) electrons. The Bertz CT molecular complexity index is 677. The van der Waals surface area contributed by atoms with Crippen molar-refractivity contribution >= 4 is 17.2 Å². The standard InChI is InChI=1S/C19H23FN2OS/c1-2-13-22(16-9-11-21-12-10-16)19(23)18-8-7-17(24-18)14-3-5-15(20)6-4-14/h3-8,16,21H,2,9-13H2,1H3. The molecule has 1 fully saturated rings. The van der Waals surface area contributed by atoms with E-state index in [0.29, 0.717) is 6.04 Å². The number of hydrogen-bond acceptors (Lipinski definition) is 3. The number of carbonyl (C=O) groups excluding carboxylic acids is 1. The van der Waals surface area contributed by atoms with Gasteiger partial charge in [-0.2, -0.15) is 0 Å². The summed E-state index contributed by atoms with van der Waals surface area (Å²) in [6.45, 7) is 4.86. The van der Waals surface area contributed by atoms with Gasteiger partial charge in [0.25, 0.3) is 5.91 Å². The second-order valence-electron chi connectivity index (χ2n) is 6.15. The summed E-state index contributed by atoms with van der Waals surface area (Å²) in [6.07, 6.45) is 3.00. The molecule has 5 heteroatoms. The Morgan fingerprint density at radius 2 is 1.92 bits per heavy atom. The molecule has 1 amide bonds. The Balaban J connectivity index is 1.78. The number of carbonyl (C=O) groups is 1. The number of hydrogen-bond donors (Lipinski definition) is 1. The van der Waals surface area contributed by atoms with E-state index in [1.165, 1.54) is 23.5 Å². The number of rotatable bonds is 5. The summed E-state index contributed by atoms with van der Waals surface area (Å²) >= 11 is 1.49. The molecule has 1 saturated heterocycles. The van der Waals surface area contributed by atoms with Crippen LogP contribution >= 0.6 is 11.3 Å². The Hall–Kier alpha value is -1.72. The topological polar surface area (TPSA) is 32.3 Å². The van der Waals surface area contributed by atoms with Gasteiger partial charge in [0, 0.05) is 17.5 Å². The predicted molar refractivity (Wildman–Crippen MR) is 96.9 cm³/mol. The lowest BCUT2D eigenvalue weighted by Gasteiger charge is -2.34. The molecule has 1 N–H and O–H groups in total. The fourth-order valence-electron chi connectivity index (χ4n) is 3.17. The van der Waals surface area contributed by atoms with E-state index in [4.69, 9.17) is 0 Å². The predicted octanol–water partition coefficient (Wildman–Crippen LogP) is 4.16. The molecule has 3 nitrogen and oxygen atoms in total. The fourth-order valence-corrected chi connectivity index (χ4v) is 4.14. The third-order valence-electron chi connectivity index (χ3n) is 4.42. The van der Waals surface area contributed by atoms with Gasteiger partial charge in [-0.3, -0.25) is 4.79 Å². The van der Waals surface area contributed by atoms with Crippen molar-refractivity contribution in [1.82, 2.24) is 10.2 Å². The number of thiophene rings is 1. The van der Waals surface area contributed by atoms with Gasteiger partial charge in [0.15, 0.2) is 0 Å². The van der Waals surface area contributed by atoms with E-state index in [-0.39, 0.29) is 11.7 Å². The van der Waals surface area contributed by atoms with Gasteiger partial charge in [0.2, 0.25) is 0 Å². The molecule has 0 atom stereocenters. The molecular formula is C19H23FN2OS. The minimum atomic E-state index is -0.244. The zero-order valence-electron chi connectivity index (χ0n) is 13.9. The fraction of sp³-hybridized carbons (Fsp3) is 0.421. The Labute approximate surface area is 146 Å². The van der Waals surface area contributed by atoms with Crippen LogP contribution < -0.4 is 5.32 Å². The molecular weight excluding hydrogens is 323 g/mol. The van der Waals surface area contributed by atoms with E-state index < -0.39 is 0 Å². The highest BCUT2D eigenvalue weighted by Crippen LogP contribution is 2.30. The first-order valence-corrected chi connectivity index (χ1v) is 9.38. The SMILES string of the molecule is CCCN(C(=O)c1ccc(-c2ccc(F)cc2)s1)C1CCNCC1. The van der Waals surface area contributed by atoms with Crippen molar-refractivity contribution in [3.8, 4) is 10.4 Å². The maximum atomic E-state index is 13.1. The number of nitrogens with zero attached hydrogens (tertiary/aromatic N) is 1. The summed E-state index contributed by atoms with van der Waals surface area (Å²) < 4.78 is 13.1. The normalized spacial score (nSPS) is 15.4. The zero-order chi connectivity index (χ0) is 16.9. The Morgan fingerprint density at radius 1 is 1.21 bits per heavy atom. The summed E-state index contributed by atoms with van der Waals surface area (Å²) in [6, 6.07) is 10.6. The lowest BCUT2D eigenvalue weighted by atomic mass is 10.0. The van der Waals surface area contributed by atoms with Crippen LogP contribution in [0.4, 0.5) is 4.39 Å². The smallest absolute Gasteiger partial charge is 0.264 e.